The molecular weight excluding hydrogens is 282 g/mol. The normalized spacial score (nSPS) is 19.2. The zero-order valence-corrected chi connectivity index (χ0v) is 13.4. The molecule has 1 aliphatic rings. The maximum atomic E-state index is 4.45. The first-order valence-corrected chi connectivity index (χ1v) is 8.43. The zero-order valence-electron chi connectivity index (χ0n) is 12.6. The van der Waals surface area contributed by atoms with Crippen LogP contribution < -0.4 is 0 Å². The minimum absolute atomic E-state index is 0.377. The van der Waals surface area contributed by atoms with Crippen LogP contribution in [0.3, 0.4) is 0 Å². The van der Waals surface area contributed by atoms with Gasteiger partial charge in [0.25, 0.3) is 0 Å². The maximum Gasteiger partial charge on any atom is 0.190 e. The number of hydrogen-bond donors (Lipinski definition) is 0. The molecule has 0 N–H and O–H groups in total. The van der Waals surface area contributed by atoms with Gasteiger partial charge in [-0.3, -0.25) is 9.88 Å². The number of aromatic nitrogens is 4. The molecule has 5 nitrogen and oxygen atoms in total. The third kappa shape index (κ3) is 3.11. The van der Waals surface area contributed by atoms with Crippen molar-refractivity contribution in [3.8, 4) is 0 Å². The van der Waals surface area contributed by atoms with Crippen molar-refractivity contribution in [3.63, 3.8) is 0 Å². The minimum atomic E-state index is 0.377. The highest BCUT2D eigenvalue weighted by Crippen LogP contribution is 2.33. The van der Waals surface area contributed by atoms with Gasteiger partial charge in [0, 0.05) is 26.0 Å². The molecule has 1 saturated heterocycles. The van der Waals surface area contributed by atoms with Crippen LogP contribution in [0.4, 0.5) is 0 Å². The van der Waals surface area contributed by atoms with Crippen LogP contribution in [0.25, 0.3) is 0 Å². The van der Waals surface area contributed by atoms with E-state index in [1.807, 2.05) is 12.4 Å². The van der Waals surface area contributed by atoms with Gasteiger partial charge in [-0.2, -0.15) is 0 Å². The molecule has 1 fully saturated rings. The third-order valence-corrected chi connectivity index (χ3v) is 4.84. The van der Waals surface area contributed by atoms with Crippen LogP contribution in [-0.4, -0.2) is 36.9 Å². The van der Waals surface area contributed by atoms with E-state index in [1.54, 1.807) is 11.8 Å². The molecule has 3 heterocycles. The van der Waals surface area contributed by atoms with E-state index in [1.165, 1.54) is 12.0 Å². The van der Waals surface area contributed by atoms with E-state index in [2.05, 4.69) is 50.8 Å². The molecule has 112 valence electrons. The Kier molecular flexibility index (Phi) is 4.55. The van der Waals surface area contributed by atoms with E-state index in [9.17, 15) is 0 Å². The predicted octanol–water partition coefficient (Wildman–Crippen LogP) is 2.66. The molecule has 0 bridgehead atoms. The Morgan fingerprint density at radius 2 is 2.10 bits per heavy atom. The number of pyridine rings is 1. The lowest BCUT2D eigenvalue weighted by atomic mass is 10.2. The molecule has 21 heavy (non-hydrogen) atoms. The van der Waals surface area contributed by atoms with Crippen molar-refractivity contribution in [2.45, 2.75) is 37.5 Å². The molecule has 2 aromatic rings. The lowest BCUT2D eigenvalue weighted by molar-refractivity contribution is 0.235. The highest BCUT2D eigenvalue weighted by Gasteiger charge is 2.30. The Morgan fingerprint density at radius 1 is 1.29 bits per heavy atom. The standard InChI is InChI=1S/C15H21N5S/c1-3-21-15-18-17-14(19(15)2)13-5-4-10-20(13)11-12-6-8-16-9-7-12/h6-9,13H,3-5,10-11H2,1-2H3/t13-/m1/s1. The molecule has 0 aliphatic carbocycles. The van der Waals surface area contributed by atoms with Crippen LogP contribution in [0.5, 0.6) is 0 Å². The van der Waals surface area contributed by atoms with E-state index in [4.69, 9.17) is 0 Å². The monoisotopic (exact) mass is 303 g/mol. The van der Waals surface area contributed by atoms with Gasteiger partial charge < -0.3 is 4.57 Å². The van der Waals surface area contributed by atoms with Crippen molar-refractivity contribution < 1.29 is 0 Å². The zero-order chi connectivity index (χ0) is 14.7. The second-order valence-electron chi connectivity index (χ2n) is 5.32. The minimum Gasteiger partial charge on any atom is -0.308 e. The fraction of sp³-hybridized carbons (Fsp3) is 0.533. The summed E-state index contributed by atoms with van der Waals surface area (Å²) in [7, 11) is 2.08. The Morgan fingerprint density at radius 3 is 2.86 bits per heavy atom. The van der Waals surface area contributed by atoms with E-state index >= 15 is 0 Å². The predicted molar refractivity (Wildman–Crippen MR) is 84.0 cm³/mol. The molecule has 2 aromatic heterocycles. The topological polar surface area (TPSA) is 46.8 Å². The van der Waals surface area contributed by atoms with Gasteiger partial charge in [0.05, 0.1) is 6.04 Å². The Balaban J connectivity index is 1.78. The van der Waals surface area contributed by atoms with Crippen molar-refractivity contribution in [1.29, 1.82) is 0 Å². The Bertz CT molecular complexity index is 583. The summed E-state index contributed by atoms with van der Waals surface area (Å²) >= 11 is 1.75. The van der Waals surface area contributed by atoms with Crippen LogP contribution in [-0.2, 0) is 13.6 Å². The molecule has 0 saturated carbocycles. The van der Waals surface area contributed by atoms with Crippen molar-refractivity contribution in [2.24, 2.45) is 7.05 Å². The first kappa shape index (κ1) is 14.5. The van der Waals surface area contributed by atoms with Gasteiger partial charge in [-0.05, 0) is 42.8 Å². The van der Waals surface area contributed by atoms with Crippen molar-refractivity contribution in [2.75, 3.05) is 12.3 Å². The summed E-state index contributed by atoms with van der Waals surface area (Å²) in [4.78, 5) is 6.59. The SMILES string of the molecule is CCSc1nnc([C@H]2CCCN2Cc2ccncc2)n1C. The van der Waals surface area contributed by atoms with E-state index in [-0.39, 0.29) is 0 Å². The van der Waals surface area contributed by atoms with E-state index < -0.39 is 0 Å². The van der Waals surface area contributed by atoms with Crippen LogP contribution in [0.1, 0.15) is 37.2 Å². The Hall–Kier alpha value is -1.40. The number of hydrogen-bond acceptors (Lipinski definition) is 5. The first-order chi connectivity index (χ1) is 10.3. The summed E-state index contributed by atoms with van der Waals surface area (Å²) in [5, 5.41) is 9.79. The second-order valence-corrected chi connectivity index (χ2v) is 6.55. The molecular formula is C15H21N5S. The van der Waals surface area contributed by atoms with Crippen molar-refractivity contribution >= 4 is 11.8 Å². The van der Waals surface area contributed by atoms with Gasteiger partial charge in [0.1, 0.15) is 0 Å². The average molecular weight is 303 g/mol. The molecule has 0 aromatic carbocycles. The molecule has 6 heteroatoms. The molecule has 0 radical (unpaired) electrons. The number of nitrogens with zero attached hydrogens (tertiary/aromatic N) is 5. The Labute approximate surface area is 129 Å². The number of thioether (sulfide) groups is 1. The first-order valence-electron chi connectivity index (χ1n) is 7.44. The summed E-state index contributed by atoms with van der Waals surface area (Å²) in [6.45, 7) is 4.22. The molecule has 0 unspecified atom stereocenters. The van der Waals surface area contributed by atoms with Crippen LogP contribution in [0, 0.1) is 0 Å². The maximum absolute atomic E-state index is 4.45. The number of likely N-dealkylation sites (tertiary alicyclic amines) is 1. The fourth-order valence-electron chi connectivity index (χ4n) is 2.90. The van der Waals surface area contributed by atoms with Crippen molar-refractivity contribution in [3.05, 3.63) is 35.9 Å². The highest BCUT2D eigenvalue weighted by molar-refractivity contribution is 7.99. The lowest BCUT2D eigenvalue weighted by Gasteiger charge is -2.23. The largest absolute Gasteiger partial charge is 0.308 e. The summed E-state index contributed by atoms with van der Waals surface area (Å²) < 4.78 is 2.16. The van der Waals surface area contributed by atoms with Gasteiger partial charge in [0.15, 0.2) is 11.0 Å². The molecule has 0 amide bonds. The quantitative estimate of drug-likeness (QED) is 0.795. The number of rotatable bonds is 5. The van der Waals surface area contributed by atoms with Crippen molar-refractivity contribution in [1.82, 2.24) is 24.6 Å². The van der Waals surface area contributed by atoms with Crippen LogP contribution >= 0.6 is 11.8 Å². The van der Waals surface area contributed by atoms with Gasteiger partial charge >= 0.3 is 0 Å². The fourth-order valence-corrected chi connectivity index (χ4v) is 3.55. The highest BCUT2D eigenvalue weighted by atomic mass is 32.2. The smallest absolute Gasteiger partial charge is 0.190 e. The van der Waals surface area contributed by atoms with Crippen LogP contribution in [0.15, 0.2) is 29.7 Å². The molecule has 0 spiro atoms. The molecule has 1 atom stereocenters. The summed E-state index contributed by atoms with van der Waals surface area (Å²) in [6.07, 6.45) is 6.10. The van der Waals surface area contributed by atoms with Gasteiger partial charge in [-0.1, -0.05) is 18.7 Å². The lowest BCUT2D eigenvalue weighted by Crippen LogP contribution is -2.25. The molecule has 1 aliphatic heterocycles. The van der Waals surface area contributed by atoms with Gasteiger partial charge in [0.2, 0.25) is 0 Å². The summed E-state index contributed by atoms with van der Waals surface area (Å²) in [5.74, 6) is 2.12. The summed E-state index contributed by atoms with van der Waals surface area (Å²) in [6, 6.07) is 4.55. The average Bonchev–Trinajstić information content (AvgIpc) is 3.08. The van der Waals surface area contributed by atoms with Gasteiger partial charge in [-0.25, -0.2) is 0 Å². The van der Waals surface area contributed by atoms with Crippen LogP contribution in [0.2, 0.25) is 0 Å². The van der Waals surface area contributed by atoms with E-state index in [0.717, 1.165) is 36.2 Å². The second kappa shape index (κ2) is 6.58. The summed E-state index contributed by atoms with van der Waals surface area (Å²) in [5.41, 5.74) is 1.31. The third-order valence-electron chi connectivity index (χ3n) is 3.94. The van der Waals surface area contributed by atoms with E-state index in [0.29, 0.717) is 6.04 Å². The van der Waals surface area contributed by atoms with Gasteiger partial charge in [-0.15, -0.1) is 10.2 Å². The molecule has 3 rings (SSSR count).